The molecule has 0 unspecified atom stereocenters. The second-order valence-electron chi connectivity index (χ2n) is 6.47. The van der Waals surface area contributed by atoms with E-state index in [1.807, 2.05) is 18.5 Å². The smallest absolute Gasteiger partial charge is 0.338 e. The molecule has 0 atom stereocenters. The average Bonchev–Trinajstić information content (AvgIpc) is 3.04. The van der Waals surface area contributed by atoms with Crippen LogP contribution in [-0.2, 0) is 4.74 Å². The third-order valence-electron chi connectivity index (χ3n) is 4.13. The lowest BCUT2D eigenvalue weighted by Crippen LogP contribution is -2.15. The molecule has 0 aliphatic heterocycles. The lowest BCUT2D eigenvalue weighted by molar-refractivity contribution is 0.0526. The number of hydrogen-bond donors (Lipinski definition) is 1. The molecule has 3 rings (SSSR count). The first-order valence-electron chi connectivity index (χ1n) is 8.84. The third-order valence-corrected chi connectivity index (χ3v) is 4.13. The first kappa shape index (κ1) is 18.6. The lowest BCUT2D eigenvalue weighted by atomic mass is 10.1. The molecule has 0 saturated heterocycles. The van der Waals surface area contributed by atoms with Crippen LogP contribution in [0, 0.1) is 6.92 Å². The molecule has 3 aromatic rings. The fourth-order valence-electron chi connectivity index (χ4n) is 2.81. The number of fused-ring (bicyclic) bond motifs is 1. The van der Waals surface area contributed by atoms with Gasteiger partial charge >= 0.3 is 5.97 Å². The number of carbonyl (C=O) groups excluding carboxylic acids is 2. The number of ether oxygens (including phenoxy) is 1. The Labute approximate surface area is 157 Å². The summed E-state index contributed by atoms with van der Waals surface area (Å²) in [7, 11) is 0. The normalized spacial score (nSPS) is 11.0. The minimum absolute atomic E-state index is 0.180. The first-order chi connectivity index (χ1) is 12.9. The SMILES string of the molecule is CCOC(=O)c1cccc(NC(=O)c2cc3cnn(C(C)C)c3nc2C)c1. The summed E-state index contributed by atoms with van der Waals surface area (Å²) < 4.78 is 6.82. The fourth-order valence-corrected chi connectivity index (χ4v) is 2.81. The molecule has 0 aliphatic rings. The van der Waals surface area contributed by atoms with Crippen LogP contribution in [0.4, 0.5) is 5.69 Å². The van der Waals surface area contributed by atoms with E-state index in [4.69, 9.17) is 4.74 Å². The van der Waals surface area contributed by atoms with Crippen molar-refractivity contribution in [2.24, 2.45) is 0 Å². The summed E-state index contributed by atoms with van der Waals surface area (Å²) in [6, 6.07) is 8.62. The summed E-state index contributed by atoms with van der Waals surface area (Å²) in [5.41, 5.74) is 2.74. The summed E-state index contributed by atoms with van der Waals surface area (Å²) in [6.45, 7) is 7.89. The number of pyridine rings is 1. The predicted octanol–water partition coefficient (Wildman–Crippen LogP) is 3.75. The summed E-state index contributed by atoms with van der Waals surface area (Å²) in [5, 5.41) is 7.96. The zero-order valence-electron chi connectivity index (χ0n) is 15.8. The Morgan fingerprint density at radius 1 is 1.26 bits per heavy atom. The van der Waals surface area contributed by atoms with Crippen LogP contribution in [0.15, 0.2) is 36.5 Å². The molecule has 1 aromatic carbocycles. The number of nitrogens with zero attached hydrogens (tertiary/aromatic N) is 3. The van der Waals surface area contributed by atoms with Crippen molar-refractivity contribution >= 4 is 28.6 Å². The predicted molar refractivity (Wildman–Crippen MR) is 103 cm³/mol. The van der Waals surface area contributed by atoms with Crippen LogP contribution >= 0.6 is 0 Å². The molecule has 1 N–H and O–H groups in total. The number of rotatable bonds is 5. The van der Waals surface area contributed by atoms with E-state index in [9.17, 15) is 9.59 Å². The maximum absolute atomic E-state index is 12.7. The number of aromatic nitrogens is 3. The van der Waals surface area contributed by atoms with E-state index in [0.29, 0.717) is 29.1 Å². The molecule has 0 spiro atoms. The van der Waals surface area contributed by atoms with Gasteiger partial charge in [-0.15, -0.1) is 0 Å². The van der Waals surface area contributed by atoms with E-state index < -0.39 is 5.97 Å². The highest BCUT2D eigenvalue weighted by molar-refractivity contribution is 6.07. The molecule has 7 heteroatoms. The maximum Gasteiger partial charge on any atom is 0.338 e. The Hall–Kier alpha value is -3.22. The van der Waals surface area contributed by atoms with Crippen molar-refractivity contribution in [2.75, 3.05) is 11.9 Å². The van der Waals surface area contributed by atoms with E-state index in [1.165, 1.54) is 0 Å². The van der Waals surface area contributed by atoms with Gasteiger partial charge in [0.25, 0.3) is 5.91 Å². The number of hydrogen-bond acceptors (Lipinski definition) is 5. The van der Waals surface area contributed by atoms with E-state index in [2.05, 4.69) is 15.4 Å². The molecular formula is C20H22N4O3. The van der Waals surface area contributed by atoms with E-state index in [-0.39, 0.29) is 11.9 Å². The molecule has 0 fully saturated rings. The summed E-state index contributed by atoms with van der Waals surface area (Å²) in [4.78, 5) is 29.1. The average molecular weight is 366 g/mol. The van der Waals surface area contributed by atoms with E-state index in [1.54, 1.807) is 50.4 Å². The molecule has 2 aromatic heterocycles. The van der Waals surface area contributed by atoms with Gasteiger partial charge in [0.15, 0.2) is 5.65 Å². The van der Waals surface area contributed by atoms with Crippen LogP contribution < -0.4 is 5.32 Å². The topological polar surface area (TPSA) is 86.1 Å². The summed E-state index contributed by atoms with van der Waals surface area (Å²) in [6.07, 6.45) is 1.71. The van der Waals surface area contributed by atoms with E-state index >= 15 is 0 Å². The zero-order valence-corrected chi connectivity index (χ0v) is 15.8. The number of nitrogens with one attached hydrogen (secondary N) is 1. The second-order valence-corrected chi connectivity index (χ2v) is 6.47. The Morgan fingerprint density at radius 3 is 2.74 bits per heavy atom. The number of carbonyl (C=O) groups is 2. The first-order valence-corrected chi connectivity index (χ1v) is 8.84. The van der Waals surface area contributed by atoms with Gasteiger partial charge in [-0.3, -0.25) is 4.79 Å². The summed E-state index contributed by atoms with van der Waals surface area (Å²) >= 11 is 0. The van der Waals surface area contributed by atoms with Crippen molar-refractivity contribution in [2.45, 2.75) is 33.7 Å². The van der Waals surface area contributed by atoms with Crippen LogP contribution in [-0.4, -0.2) is 33.2 Å². The third kappa shape index (κ3) is 3.81. The highest BCUT2D eigenvalue weighted by atomic mass is 16.5. The van der Waals surface area contributed by atoms with Crippen molar-refractivity contribution in [3.63, 3.8) is 0 Å². The Bertz CT molecular complexity index is 1010. The molecular weight excluding hydrogens is 344 g/mol. The number of esters is 1. The van der Waals surface area contributed by atoms with Gasteiger partial charge in [-0.1, -0.05) is 6.07 Å². The monoisotopic (exact) mass is 366 g/mol. The Balaban J connectivity index is 1.87. The van der Waals surface area contributed by atoms with Crippen LogP contribution in [0.25, 0.3) is 11.0 Å². The Morgan fingerprint density at radius 2 is 2.04 bits per heavy atom. The van der Waals surface area contributed by atoms with Gasteiger partial charge in [0.2, 0.25) is 0 Å². The van der Waals surface area contributed by atoms with Crippen molar-refractivity contribution in [3.8, 4) is 0 Å². The van der Waals surface area contributed by atoms with Crippen LogP contribution in [0.3, 0.4) is 0 Å². The van der Waals surface area contributed by atoms with E-state index in [0.717, 1.165) is 11.0 Å². The number of amides is 1. The number of benzene rings is 1. The molecule has 2 heterocycles. The zero-order chi connectivity index (χ0) is 19.6. The van der Waals surface area contributed by atoms with Gasteiger partial charge in [-0.2, -0.15) is 5.10 Å². The number of anilines is 1. The molecule has 0 aliphatic carbocycles. The highest BCUT2D eigenvalue weighted by Crippen LogP contribution is 2.20. The summed E-state index contributed by atoms with van der Waals surface area (Å²) in [5.74, 6) is -0.714. The maximum atomic E-state index is 12.7. The molecule has 140 valence electrons. The molecule has 0 bridgehead atoms. The molecule has 0 saturated carbocycles. The second kappa shape index (κ2) is 7.57. The quantitative estimate of drug-likeness (QED) is 0.695. The Kier molecular flexibility index (Phi) is 5.21. The van der Waals surface area contributed by atoms with Crippen molar-refractivity contribution < 1.29 is 14.3 Å². The van der Waals surface area contributed by atoms with Gasteiger partial charge in [0.1, 0.15) is 0 Å². The van der Waals surface area contributed by atoms with Crippen molar-refractivity contribution in [1.29, 1.82) is 0 Å². The minimum Gasteiger partial charge on any atom is -0.462 e. The van der Waals surface area contributed by atoms with Gasteiger partial charge in [0, 0.05) is 17.1 Å². The van der Waals surface area contributed by atoms with Gasteiger partial charge < -0.3 is 10.1 Å². The van der Waals surface area contributed by atoms with Crippen LogP contribution in [0.1, 0.15) is 53.2 Å². The number of aryl methyl sites for hydroxylation is 1. The lowest BCUT2D eigenvalue weighted by Gasteiger charge is -2.10. The molecule has 27 heavy (non-hydrogen) atoms. The fraction of sp³-hybridized carbons (Fsp3) is 0.300. The standard InChI is InChI=1S/C20H22N4O3/c1-5-27-20(26)14-7-6-8-16(9-14)23-19(25)17-10-15-11-21-24(12(2)3)18(15)22-13(17)4/h6-12H,5H2,1-4H3,(H,23,25). The van der Waals surface area contributed by atoms with Crippen molar-refractivity contribution in [1.82, 2.24) is 14.8 Å². The van der Waals surface area contributed by atoms with Crippen LogP contribution in [0.2, 0.25) is 0 Å². The van der Waals surface area contributed by atoms with Gasteiger partial charge in [0.05, 0.1) is 29.6 Å². The molecule has 7 nitrogen and oxygen atoms in total. The molecule has 0 radical (unpaired) electrons. The van der Waals surface area contributed by atoms with Gasteiger partial charge in [-0.25, -0.2) is 14.5 Å². The molecule has 1 amide bonds. The van der Waals surface area contributed by atoms with Gasteiger partial charge in [-0.05, 0) is 52.0 Å². The highest BCUT2D eigenvalue weighted by Gasteiger charge is 2.16. The minimum atomic E-state index is -0.422. The van der Waals surface area contributed by atoms with Crippen LogP contribution in [0.5, 0.6) is 0 Å². The van der Waals surface area contributed by atoms with Crippen molar-refractivity contribution in [3.05, 3.63) is 53.3 Å². The largest absolute Gasteiger partial charge is 0.462 e.